The molecule has 3 unspecified atom stereocenters. The minimum absolute atomic E-state index is 0.373. The Kier molecular flexibility index (Phi) is 3.50. The van der Waals surface area contributed by atoms with Gasteiger partial charge in [-0.05, 0) is 49.0 Å². The van der Waals surface area contributed by atoms with E-state index in [0.29, 0.717) is 11.8 Å². The lowest BCUT2D eigenvalue weighted by Gasteiger charge is -2.18. The highest BCUT2D eigenvalue weighted by atomic mass is 15.0. The second-order valence-electron chi connectivity index (χ2n) is 6.65. The van der Waals surface area contributed by atoms with Crippen molar-refractivity contribution < 1.29 is 0 Å². The van der Waals surface area contributed by atoms with Crippen LogP contribution in [-0.4, -0.2) is 10.1 Å². The van der Waals surface area contributed by atoms with Gasteiger partial charge in [0.15, 0.2) is 0 Å². The van der Waals surface area contributed by atoms with Crippen LogP contribution in [0.1, 0.15) is 44.4 Å². The summed E-state index contributed by atoms with van der Waals surface area (Å²) in [5, 5.41) is 0. The first-order valence-electron chi connectivity index (χ1n) is 7.74. The normalized spacial score (nSPS) is 31.5. The SMILES string of the molecule is CC1C=Cc2ccn(C3=CC=CC(C)(N)C=C3)c2C(C)C1. The molecule has 2 aliphatic carbocycles. The van der Waals surface area contributed by atoms with Gasteiger partial charge in [-0.1, -0.05) is 44.2 Å². The van der Waals surface area contributed by atoms with Crippen molar-refractivity contribution in [2.45, 2.75) is 38.6 Å². The summed E-state index contributed by atoms with van der Waals surface area (Å²) >= 11 is 0. The zero-order chi connectivity index (χ0) is 15.0. The molecule has 0 aliphatic heterocycles. The fraction of sp³-hybridized carbons (Fsp3) is 0.368. The van der Waals surface area contributed by atoms with E-state index in [2.05, 4.69) is 67.1 Å². The summed E-state index contributed by atoms with van der Waals surface area (Å²) in [5.41, 5.74) is 9.72. The molecule has 1 aromatic rings. The van der Waals surface area contributed by atoms with Crippen LogP contribution >= 0.6 is 0 Å². The number of allylic oxidation sites excluding steroid dienone is 5. The maximum absolute atomic E-state index is 6.17. The van der Waals surface area contributed by atoms with Crippen molar-refractivity contribution in [2.75, 3.05) is 0 Å². The minimum Gasteiger partial charge on any atom is -0.320 e. The van der Waals surface area contributed by atoms with Crippen molar-refractivity contribution in [1.29, 1.82) is 0 Å². The van der Waals surface area contributed by atoms with Crippen LogP contribution < -0.4 is 5.73 Å². The van der Waals surface area contributed by atoms with Crippen LogP contribution in [0.15, 0.2) is 48.7 Å². The van der Waals surface area contributed by atoms with Gasteiger partial charge < -0.3 is 10.3 Å². The molecule has 1 aromatic heterocycles. The maximum atomic E-state index is 6.17. The summed E-state index contributed by atoms with van der Waals surface area (Å²) in [6.07, 6.45) is 18.4. The van der Waals surface area contributed by atoms with Crippen LogP contribution in [0.4, 0.5) is 0 Å². The lowest BCUT2D eigenvalue weighted by molar-refractivity contribution is 0.559. The van der Waals surface area contributed by atoms with E-state index in [4.69, 9.17) is 5.73 Å². The van der Waals surface area contributed by atoms with Gasteiger partial charge in [0.05, 0.1) is 5.54 Å². The molecule has 1 heterocycles. The van der Waals surface area contributed by atoms with Crippen LogP contribution in [0, 0.1) is 5.92 Å². The van der Waals surface area contributed by atoms with E-state index in [1.807, 2.05) is 13.0 Å². The summed E-state index contributed by atoms with van der Waals surface area (Å²) in [6, 6.07) is 2.21. The van der Waals surface area contributed by atoms with Gasteiger partial charge in [0.1, 0.15) is 0 Å². The zero-order valence-corrected chi connectivity index (χ0v) is 13.1. The third-order valence-electron chi connectivity index (χ3n) is 4.37. The zero-order valence-electron chi connectivity index (χ0n) is 13.1. The number of nitrogens with zero attached hydrogens (tertiary/aromatic N) is 1. The van der Waals surface area contributed by atoms with Gasteiger partial charge in [0.2, 0.25) is 0 Å². The summed E-state index contributed by atoms with van der Waals surface area (Å²) in [7, 11) is 0. The van der Waals surface area contributed by atoms with Crippen molar-refractivity contribution in [3.05, 3.63) is 60.0 Å². The van der Waals surface area contributed by atoms with E-state index in [1.165, 1.54) is 23.4 Å². The van der Waals surface area contributed by atoms with E-state index in [1.54, 1.807) is 0 Å². The lowest BCUT2D eigenvalue weighted by atomic mass is 9.96. The standard InChI is InChI=1S/C19H24N2/c1-14-6-7-16-9-12-21(18(16)15(2)13-14)17-5-4-10-19(3,20)11-8-17/h4-12,14-15H,13,20H2,1-3H3. The molecule has 0 amide bonds. The fourth-order valence-electron chi connectivity index (χ4n) is 3.25. The minimum atomic E-state index is -0.373. The molecule has 3 rings (SSSR count). The largest absolute Gasteiger partial charge is 0.320 e. The van der Waals surface area contributed by atoms with Crippen molar-refractivity contribution in [1.82, 2.24) is 4.57 Å². The monoisotopic (exact) mass is 280 g/mol. The average Bonchev–Trinajstić information content (AvgIpc) is 2.68. The van der Waals surface area contributed by atoms with E-state index in [0.717, 1.165) is 0 Å². The third-order valence-corrected chi connectivity index (χ3v) is 4.37. The highest BCUT2D eigenvalue weighted by Gasteiger charge is 2.21. The summed E-state index contributed by atoms with van der Waals surface area (Å²) in [6.45, 7) is 6.62. The van der Waals surface area contributed by atoms with Crippen molar-refractivity contribution in [3.8, 4) is 0 Å². The van der Waals surface area contributed by atoms with Crippen LogP contribution in [0.5, 0.6) is 0 Å². The van der Waals surface area contributed by atoms with Crippen LogP contribution in [0.3, 0.4) is 0 Å². The van der Waals surface area contributed by atoms with Gasteiger partial charge in [0.25, 0.3) is 0 Å². The molecule has 110 valence electrons. The number of aromatic nitrogens is 1. The molecule has 2 N–H and O–H groups in total. The van der Waals surface area contributed by atoms with Gasteiger partial charge in [-0.3, -0.25) is 0 Å². The van der Waals surface area contributed by atoms with Crippen LogP contribution in [0.2, 0.25) is 0 Å². The van der Waals surface area contributed by atoms with Crippen molar-refractivity contribution >= 4 is 11.8 Å². The smallest absolute Gasteiger partial charge is 0.0503 e. The molecule has 0 aromatic carbocycles. The Hall–Kier alpha value is -1.80. The number of rotatable bonds is 1. The summed E-state index contributed by atoms with van der Waals surface area (Å²) in [5.74, 6) is 1.18. The Morgan fingerprint density at radius 2 is 2.05 bits per heavy atom. The molecule has 3 atom stereocenters. The second-order valence-corrected chi connectivity index (χ2v) is 6.65. The van der Waals surface area contributed by atoms with Gasteiger partial charge in [-0.2, -0.15) is 0 Å². The lowest BCUT2D eigenvalue weighted by Crippen LogP contribution is -2.30. The molecular formula is C19H24N2. The average molecular weight is 280 g/mol. The van der Waals surface area contributed by atoms with Gasteiger partial charge in [0, 0.05) is 17.6 Å². The Bertz CT molecular complexity index is 653. The molecular weight excluding hydrogens is 256 g/mol. The van der Waals surface area contributed by atoms with Gasteiger partial charge in [-0.15, -0.1) is 0 Å². The molecule has 0 saturated carbocycles. The molecule has 0 spiro atoms. The van der Waals surface area contributed by atoms with Crippen molar-refractivity contribution in [2.24, 2.45) is 11.7 Å². The predicted molar refractivity (Wildman–Crippen MR) is 90.8 cm³/mol. The number of fused-ring (bicyclic) bond motifs is 1. The first-order valence-corrected chi connectivity index (χ1v) is 7.74. The topological polar surface area (TPSA) is 30.9 Å². The molecule has 0 radical (unpaired) electrons. The van der Waals surface area contributed by atoms with E-state index >= 15 is 0 Å². The highest BCUT2D eigenvalue weighted by Crippen LogP contribution is 2.34. The Morgan fingerprint density at radius 3 is 2.86 bits per heavy atom. The number of hydrogen-bond donors (Lipinski definition) is 1. The second kappa shape index (κ2) is 5.19. The fourth-order valence-corrected chi connectivity index (χ4v) is 3.25. The third kappa shape index (κ3) is 2.81. The Labute approximate surface area is 127 Å². The molecule has 0 bridgehead atoms. The van der Waals surface area contributed by atoms with E-state index in [9.17, 15) is 0 Å². The molecule has 0 saturated heterocycles. The van der Waals surface area contributed by atoms with Crippen molar-refractivity contribution in [3.63, 3.8) is 0 Å². The highest BCUT2D eigenvalue weighted by molar-refractivity contribution is 5.66. The first kappa shape index (κ1) is 14.2. The summed E-state index contributed by atoms with van der Waals surface area (Å²) < 4.78 is 2.31. The molecule has 2 nitrogen and oxygen atoms in total. The first-order chi connectivity index (χ1) is 9.96. The Balaban J connectivity index is 2.04. The number of nitrogens with two attached hydrogens (primary N) is 1. The molecule has 21 heavy (non-hydrogen) atoms. The Morgan fingerprint density at radius 1 is 1.24 bits per heavy atom. The predicted octanol–water partition coefficient (Wildman–Crippen LogP) is 4.33. The van der Waals surface area contributed by atoms with E-state index < -0.39 is 0 Å². The maximum Gasteiger partial charge on any atom is 0.0503 e. The molecule has 2 heteroatoms. The number of hydrogen-bond acceptors (Lipinski definition) is 1. The molecule has 2 aliphatic rings. The van der Waals surface area contributed by atoms with Crippen LogP contribution in [0.25, 0.3) is 11.8 Å². The van der Waals surface area contributed by atoms with Gasteiger partial charge in [-0.25, -0.2) is 0 Å². The van der Waals surface area contributed by atoms with Crippen LogP contribution in [-0.2, 0) is 0 Å². The van der Waals surface area contributed by atoms with E-state index in [-0.39, 0.29) is 5.54 Å². The quantitative estimate of drug-likeness (QED) is 0.815. The molecule has 0 fully saturated rings. The summed E-state index contributed by atoms with van der Waals surface area (Å²) in [4.78, 5) is 0. The van der Waals surface area contributed by atoms with Gasteiger partial charge >= 0.3 is 0 Å².